The van der Waals surface area contributed by atoms with Crippen LogP contribution in [0.1, 0.15) is 0 Å². The molecule has 0 aromatic heterocycles. The van der Waals surface area contributed by atoms with Crippen LogP contribution in [0.5, 0.6) is 0 Å². The zero-order chi connectivity index (χ0) is 6.69. The van der Waals surface area contributed by atoms with E-state index in [-0.39, 0.29) is 0 Å². The number of hydrogen-bond donors (Lipinski definition) is 2. The number of hydrogen-bond acceptors (Lipinski definition) is 4. The highest BCUT2D eigenvalue weighted by Crippen LogP contribution is 1.97. The normalized spacial score (nSPS) is 23.0. The maximum Gasteiger partial charge on any atom is 0.213 e. The van der Waals surface area contributed by atoms with E-state index in [0.717, 1.165) is 0 Å². The van der Waals surface area contributed by atoms with Gasteiger partial charge in [-0.05, 0) is 0 Å². The molecule has 0 aliphatic carbocycles. The topological polar surface area (TPSA) is 52.9 Å². The lowest BCUT2D eigenvalue weighted by molar-refractivity contribution is -0.175. The van der Waals surface area contributed by atoms with Crippen molar-refractivity contribution in [3.63, 3.8) is 0 Å². The largest absolute Gasteiger partial charge is 0.379 e. The summed E-state index contributed by atoms with van der Waals surface area (Å²) in [5, 5.41) is 17.2. The number of rotatable bonds is 1. The Bertz CT molecular complexity index is 80.3. The van der Waals surface area contributed by atoms with E-state index < -0.39 is 6.41 Å². The molecule has 4 heteroatoms. The van der Waals surface area contributed by atoms with Crippen molar-refractivity contribution in [2.75, 3.05) is 26.3 Å². The minimum absolute atomic E-state index is 0.595. The van der Waals surface area contributed by atoms with E-state index in [1.807, 2.05) is 0 Å². The molecule has 1 fully saturated rings. The molecule has 0 aromatic rings. The minimum Gasteiger partial charge on any atom is -0.379 e. The summed E-state index contributed by atoms with van der Waals surface area (Å²) in [6.07, 6.45) is -1.31. The van der Waals surface area contributed by atoms with E-state index in [9.17, 15) is 0 Å². The van der Waals surface area contributed by atoms with Gasteiger partial charge in [0.05, 0.1) is 13.2 Å². The van der Waals surface area contributed by atoms with E-state index >= 15 is 0 Å². The maximum absolute atomic E-state index is 8.60. The molecule has 0 bridgehead atoms. The maximum atomic E-state index is 8.60. The predicted octanol–water partition coefficient (Wildman–Crippen LogP) is -1.41. The average Bonchev–Trinajstić information content (AvgIpc) is 1.90. The molecule has 0 amide bonds. The third-order valence-corrected chi connectivity index (χ3v) is 1.37. The van der Waals surface area contributed by atoms with E-state index in [2.05, 4.69) is 0 Å². The fourth-order valence-electron chi connectivity index (χ4n) is 0.808. The third kappa shape index (κ3) is 1.91. The Morgan fingerprint density at radius 1 is 1.22 bits per heavy atom. The van der Waals surface area contributed by atoms with Gasteiger partial charge in [-0.1, -0.05) is 0 Å². The van der Waals surface area contributed by atoms with Crippen molar-refractivity contribution in [2.24, 2.45) is 0 Å². The second-order valence-corrected chi connectivity index (χ2v) is 1.99. The van der Waals surface area contributed by atoms with Gasteiger partial charge in [0.25, 0.3) is 0 Å². The third-order valence-electron chi connectivity index (χ3n) is 1.37. The SMILES string of the molecule is OC(O)N1CCOCC1. The molecule has 9 heavy (non-hydrogen) atoms. The number of nitrogens with zero attached hydrogens (tertiary/aromatic N) is 1. The molecule has 0 spiro atoms. The van der Waals surface area contributed by atoms with Gasteiger partial charge < -0.3 is 14.9 Å². The van der Waals surface area contributed by atoms with Crippen LogP contribution < -0.4 is 0 Å². The van der Waals surface area contributed by atoms with Gasteiger partial charge in [-0.3, -0.25) is 4.90 Å². The van der Waals surface area contributed by atoms with Crippen molar-refractivity contribution in [3.05, 3.63) is 0 Å². The fraction of sp³-hybridized carbons (Fsp3) is 1.00. The van der Waals surface area contributed by atoms with Crippen molar-refractivity contribution in [1.82, 2.24) is 4.90 Å². The van der Waals surface area contributed by atoms with Gasteiger partial charge in [0.1, 0.15) is 0 Å². The van der Waals surface area contributed by atoms with Crippen LogP contribution in [-0.4, -0.2) is 47.8 Å². The van der Waals surface area contributed by atoms with Gasteiger partial charge in [0, 0.05) is 13.1 Å². The Balaban J connectivity index is 2.23. The summed E-state index contributed by atoms with van der Waals surface area (Å²) in [6, 6.07) is 0. The van der Waals surface area contributed by atoms with Crippen molar-refractivity contribution >= 4 is 0 Å². The highest BCUT2D eigenvalue weighted by atomic mass is 16.5. The molecule has 54 valence electrons. The number of morpholine rings is 1. The summed E-state index contributed by atoms with van der Waals surface area (Å²) < 4.78 is 4.99. The zero-order valence-electron chi connectivity index (χ0n) is 5.16. The molecule has 1 saturated heterocycles. The summed E-state index contributed by atoms with van der Waals surface area (Å²) in [5.74, 6) is 0. The Kier molecular flexibility index (Phi) is 2.41. The fourth-order valence-corrected chi connectivity index (χ4v) is 0.808. The molecule has 1 heterocycles. The Morgan fingerprint density at radius 3 is 2.11 bits per heavy atom. The summed E-state index contributed by atoms with van der Waals surface area (Å²) in [6.45, 7) is 2.41. The summed E-state index contributed by atoms with van der Waals surface area (Å²) in [7, 11) is 0. The molecule has 0 aromatic carbocycles. The van der Waals surface area contributed by atoms with Crippen molar-refractivity contribution in [3.8, 4) is 0 Å². The van der Waals surface area contributed by atoms with E-state index in [1.54, 1.807) is 4.90 Å². The summed E-state index contributed by atoms with van der Waals surface area (Å²) in [4.78, 5) is 1.55. The van der Waals surface area contributed by atoms with Gasteiger partial charge in [-0.25, -0.2) is 0 Å². The van der Waals surface area contributed by atoms with Gasteiger partial charge in [0.2, 0.25) is 6.41 Å². The second-order valence-electron chi connectivity index (χ2n) is 1.99. The molecule has 0 unspecified atom stereocenters. The molecule has 4 nitrogen and oxygen atoms in total. The lowest BCUT2D eigenvalue weighted by atomic mass is 10.4. The van der Waals surface area contributed by atoms with E-state index in [1.165, 1.54) is 0 Å². The van der Waals surface area contributed by atoms with Crippen LogP contribution >= 0.6 is 0 Å². The molecular formula is C5H11NO3. The smallest absolute Gasteiger partial charge is 0.213 e. The van der Waals surface area contributed by atoms with Gasteiger partial charge in [-0.15, -0.1) is 0 Å². The molecule has 0 saturated carbocycles. The van der Waals surface area contributed by atoms with E-state index in [4.69, 9.17) is 14.9 Å². The molecule has 1 aliphatic heterocycles. The predicted molar refractivity (Wildman–Crippen MR) is 30.6 cm³/mol. The number of ether oxygens (including phenoxy) is 1. The molecule has 2 N–H and O–H groups in total. The van der Waals surface area contributed by atoms with Crippen LogP contribution in [0.3, 0.4) is 0 Å². The first-order valence-corrected chi connectivity index (χ1v) is 2.98. The lowest BCUT2D eigenvalue weighted by Gasteiger charge is -2.27. The van der Waals surface area contributed by atoms with E-state index in [0.29, 0.717) is 26.3 Å². The highest BCUT2D eigenvalue weighted by molar-refractivity contribution is 4.58. The Morgan fingerprint density at radius 2 is 1.78 bits per heavy atom. The molecule has 0 radical (unpaired) electrons. The molecule has 0 atom stereocenters. The first-order valence-electron chi connectivity index (χ1n) is 2.98. The van der Waals surface area contributed by atoms with Crippen LogP contribution in [0, 0.1) is 0 Å². The highest BCUT2D eigenvalue weighted by Gasteiger charge is 2.14. The molecule has 1 rings (SSSR count). The Labute approximate surface area is 53.7 Å². The first kappa shape index (κ1) is 6.95. The molecule has 1 aliphatic rings. The van der Waals surface area contributed by atoms with Crippen molar-refractivity contribution < 1.29 is 14.9 Å². The van der Waals surface area contributed by atoms with Crippen LogP contribution in [0.4, 0.5) is 0 Å². The van der Waals surface area contributed by atoms with Gasteiger partial charge >= 0.3 is 0 Å². The van der Waals surface area contributed by atoms with Crippen molar-refractivity contribution in [1.29, 1.82) is 0 Å². The number of aliphatic hydroxyl groups excluding tert-OH is 1. The zero-order valence-corrected chi connectivity index (χ0v) is 5.16. The standard InChI is InChI=1S/C5H11NO3/c7-5(8)6-1-3-9-4-2-6/h5,7-8H,1-4H2. The van der Waals surface area contributed by atoms with Crippen LogP contribution in [-0.2, 0) is 4.74 Å². The first-order chi connectivity index (χ1) is 4.30. The molecular weight excluding hydrogens is 122 g/mol. The van der Waals surface area contributed by atoms with Crippen LogP contribution in [0.25, 0.3) is 0 Å². The summed E-state index contributed by atoms with van der Waals surface area (Å²) >= 11 is 0. The average molecular weight is 133 g/mol. The van der Waals surface area contributed by atoms with Gasteiger partial charge in [-0.2, -0.15) is 0 Å². The van der Waals surface area contributed by atoms with Crippen LogP contribution in [0.2, 0.25) is 0 Å². The van der Waals surface area contributed by atoms with Crippen molar-refractivity contribution in [2.45, 2.75) is 6.41 Å². The monoisotopic (exact) mass is 133 g/mol. The number of aliphatic hydroxyl groups is 2. The summed E-state index contributed by atoms with van der Waals surface area (Å²) in [5.41, 5.74) is 0. The quantitative estimate of drug-likeness (QED) is 0.431. The minimum atomic E-state index is -1.31. The van der Waals surface area contributed by atoms with Crippen LogP contribution in [0.15, 0.2) is 0 Å². The Hall–Kier alpha value is -0.160. The second kappa shape index (κ2) is 3.12. The van der Waals surface area contributed by atoms with Gasteiger partial charge in [0.15, 0.2) is 0 Å². The lowest BCUT2D eigenvalue weighted by Crippen LogP contribution is -2.43.